The van der Waals surface area contributed by atoms with Gasteiger partial charge in [-0.05, 0) is 55.5 Å². The number of rotatable bonds is 3. The second-order valence-electron chi connectivity index (χ2n) is 7.69. The number of hydrogen-bond acceptors (Lipinski definition) is 5. The van der Waals surface area contributed by atoms with E-state index >= 15 is 0 Å². The maximum absolute atomic E-state index is 11.6. The molecular weight excluding hydrogens is 402 g/mol. The van der Waals surface area contributed by atoms with Crippen molar-refractivity contribution >= 4 is 32.8 Å². The van der Waals surface area contributed by atoms with Gasteiger partial charge in [-0.3, -0.25) is 4.90 Å². The van der Waals surface area contributed by atoms with Crippen LogP contribution >= 0.6 is 22.9 Å². The summed E-state index contributed by atoms with van der Waals surface area (Å²) in [7, 11) is -3.15. The molecule has 0 saturated carbocycles. The molecule has 0 radical (unpaired) electrons. The largest absolute Gasteiger partial charge is 0.369 e. The summed E-state index contributed by atoms with van der Waals surface area (Å²) in [5.74, 6) is 0. The average Bonchev–Trinajstić information content (AvgIpc) is 2.99. The molecule has 0 aliphatic carbocycles. The van der Waals surface area contributed by atoms with E-state index in [0.29, 0.717) is 10.9 Å². The number of likely N-dealkylation sites (tertiary alicyclic amines) is 1. The fourth-order valence-corrected chi connectivity index (χ4v) is 6.40. The molecule has 146 valence electrons. The molecule has 1 aromatic carbocycles. The molecule has 2 atom stereocenters. The monoisotopic (exact) mass is 425 g/mol. The minimum Gasteiger partial charge on any atom is -0.369 e. The van der Waals surface area contributed by atoms with Crippen LogP contribution in [0.4, 0.5) is 0 Å². The predicted molar refractivity (Wildman–Crippen MR) is 109 cm³/mol. The Morgan fingerprint density at radius 2 is 2.07 bits per heavy atom. The smallest absolute Gasteiger partial charge is 0.175 e. The highest BCUT2D eigenvalue weighted by Crippen LogP contribution is 2.48. The van der Waals surface area contributed by atoms with E-state index in [2.05, 4.69) is 17.9 Å². The number of fused-ring (bicyclic) bond motifs is 2. The van der Waals surface area contributed by atoms with Crippen LogP contribution in [0.1, 0.15) is 35.8 Å². The third-order valence-electron chi connectivity index (χ3n) is 5.73. The van der Waals surface area contributed by atoms with Crippen LogP contribution < -0.4 is 0 Å². The Bertz CT molecular complexity index is 939. The fourth-order valence-electron chi connectivity index (χ4n) is 4.29. The van der Waals surface area contributed by atoms with Gasteiger partial charge in [0, 0.05) is 30.3 Å². The first-order chi connectivity index (χ1) is 12.8. The topological polar surface area (TPSA) is 46.6 Å². The summed E-state index contributed by atoms with van der Waals surface area (Å²) in [4.78, 5) is 4.14. The van der Waals surface area contributed by atoms with Crippen LogP contribution in [0.3, 0.4) is 0 Å². The summed E-state index contributed by atoms with van der Waals surface area (Å²) < 4.78 is 30.4. The Balaban J connectivity index is 1.48. The molecule has 2 aliphatic rings. The van der Waals surface area contributed by atoms with E-state index in [-0.39, 0.29) is 5.60 Å². The number of benzene rings is 1. The van der Waals surface area contributed by atoms with Crippen LogP contribution in [-0.2, 0) is 33.1 Å². The SMILES string of the molecule is C[C@H]1C[C@@]2(CCN1Cc1ccc(S(C)(=O)=O)cc1)OCCc1cc(Cl)sc12. The first-order valence-corrected chi connectivity index (χ1v) is 12.3. The second-order valence-corrected chi connectivity index (χ2v) is 11.4. The van der Waals surface area contributed by atoms with Crippen LogP contribution in [0.2, 0.25) is 4.34 Å². The molecule has 7 heteroatoms. The van der Waals surface area contributed by atoms with E-state index in [1.165, 1.54) is 16.7 Å². The van der Waals surface area contributed by atoms with Gasteiger partial charge in [0.1, 0.15) is 5.60 Å². The standard InChI is InChI=1S/C20H24ClNO3S2/c1-14-12-20(19-16(7-10-25-20)11-18(21)26-19)8-9-22(14)13-15-3-5-17(6-4-15)27(2,23)24/h3-6,11,14H,7-10,12-13H2,1-2H3/t14-,20+/m0/s1. The third kappa shape index (κ3) is 3.83. The summed E-state index contributed by atoms with van der Waals surface area (Å²) in [6.45, 7) is 4.78. The summed E-state index contributed by atoms with van der Waals surface area (Å²) >= 11 is 7.95. The molecule has 1 aromatic heterocycles. The van der Waals surface area contributed by atoms with Gasteiger partial charge in [0.25, 0.3) is 0 Å². The predicted octanol–water partition coefficient (Wildman–Crippen LogP) is 4.26. The van der Waals surface area contributed by atoms with Crippen LogP contribution in [0.5, 0.6) is 0 Å². The molecule has 0 amide bonds. The van der Waals surface area contributed by atoms with Gasteiger partial charge in [0.05, 0.1) is 15.8 Å². The van der Waals surface area contributed by atoms with Crippen molar-refractivity contribution in [1.29, 1.82) is 0 Å². The van der Waals surface area contributed by atoms with Crippen molar-refractivity contribution in [1.82, 2.24) is 4.90 Å². The van der Waals surface area contributed by atoms with E-state index in [1.54, 1.807) is 23.5 Å². The molecule has 4 rings (SSSR count). The van der Waals surface area contributed by atoms with E-state index in [0.717, 1.165) is 48.9 Å². The van der Waals surface area contributed by atoms with Gasteiger partial charge >= 0.3 is 0 Å². The molecule has 1 spiro atoms. The number of nitrogens with zero attached hydrogens (tertiary/aromatic N) is 1. The Hall–Kier alpha value is -0.920. The number of thiophene rings is 1. The van der Waals surface area contributed by atoms with Crippen molar-refractivity contribution in [3.63, 3.8) is 0 Å². The molecule has 2 aromatic rings. The van der Waals surface area contributed by atoms with Crippen molar-refractivity contribution in [3.8, 4) is 0 Å². The molecule has 0 bridgehead atoms. The lowest BCUT2D eigenvalue weighted by molar-refractivity contribution is -0.110. The van der Waals surface area contributed by atoms with Gasteiger partial charge in [-0.2, -0.15) is 0 Å². The van der Waals surface area contributed by atoms with Crippen molar-refractivity contribution in [2.75, 3.05) is 19.4 Å². The Kier molecular flexibility index (Phi) is 5.14. The molecule has 0 unspecified atom stereocenters. The lowest BCUT2D eigenvalue weighted by Gasteiger charge is -2.47. The van der Waals surface area contributed by atoms with Gasteiger partial charge in [-0.15, -0.1) is 11.3 Å². The second kappa shape index (κ2) is 7.16. The van der Waals surface area contributed by atoms with E-state index < -0.39 is 9.84 Å². The highest BCUT2D eigenvalue weighted by Gasteiger charge is 2.44. The van der Waals surface area contributed by atoms with Crippen molar-refractivity contribution in [2.24, 2.45) is 0 Å². The molecule has 27 heavy (non-hydrogen) atoms. The molecule has 4 nitrogen and oxygen atoms in total. The molecular formula is C20H24ClNO3S2. The van der Waals surface area contributed by atoms with E-state index in [4.69, 9.17) is 16.3 Å². The van der Waals surface area contributed by atoms with Crippen molar-refractivity contribution in [2.45, 2.75) is 49.3 Å². The number of sulfone groups is 1. The van der Waals surface area contributed by atoms with Crippen LogP contribution in [0, 0.1) is 0 Å². The summed E-state index contributed by atoms with van der Waals surface area (Å²) in [6, 6.07) is 9.71. The number of piperidine rings is 1. The van der Waals surface area contributed by atoms with Gasteiger partial charge in [0.15, 0.2) is 9.84 Å². The first-order valence-electron chi connectivity index (χ1n) is 9.22. The lowest BCUT2D eigenvalue weighted by Crippen LogP contribution is -2.49. The summed E-state index contributed by atoms with van der Waals surface area (Å²) in [6.07, 6.45) is 4.11. The Labute approximate surface area is 170 Å². The zero-order valence-electron chi connectivity index (χ0n) is 15.6. The summed E-state index contributed by atoms with van der Waals surface area (Å²) in [5.41, 5.74) is 2.30. The average molecular weight is 426 g/mol. The quantitative estimate of drug-likeness (QED) is 0.737. The lowest BCUT2D eigenvalue weighted by atomic mass is 9.82. The highest BCUT2D eigenvalue weighted by molar-refractivity contribution is 7.90. The summed E-state index contributed by atoms with van der Waals surface area (Å²) in [5, 5.41) is 0. The minimum atomic E-state index is -3.15. The Morgan fingerprint density at radius 1 is 1.33 bits per heavy atom. The normalized spacial score (nSPS) is 26.3. The van der Waals surface area contributed by atoms with E-state index in [1.807, 2.05) is 12.1 Å². The van der Waals surface area contributed by atoms with Crippen molar-refractivity contribution in [3.05, 3.63) is 50.7 Å². The van der Waals surface area contributed by atoms with Crippen LogP contribution in [-0.4, -0.2) is 38.8 Å². The van der Waals surface area contributed by atoms with Crippen LogP contribution in [0.25, 0.3) is 0 Å². The van der Waals surface area contributed by atoms with Gasteiger partial charge in [-0.25, -0.2) is 8.42 Å². The Morgan fingerprint density at radius 3 is 2.74 bits per heavy atom. The maximum Gasteiger partial charge on any atom is 0.175 e. The number of hydrogen-bond donors (Lipinski definition) is 0. The van der Waals surface area contributed by atoms with Gasteiger partial charge in [-0.1, -0.05) is 23.7 Å². The van der Waals surface area contributed by atoms with Crippen molar-refractivity contribution < 1.29 is 13.2 Å². The molecule has 1 saturated heterocycles. The molecule has 2 aliphatic heterocycles. The van der Waals surface area contributed by atoms with Gasteiger partial charge < -0.3 is 4.74 Å². The zero-order chi connectivity index (χ0) is 19.2. The maximum atomic E-state index is 11.6. The molecule has 1 fully saturated rings. The third-order valence-corrected chi connectivity index (χ3v) is 8.35. The van der Waals surface area contributed by atoms with Gasteiger partial charge in [0.2, 0.25) is 0 Å². The van der Waals surface area contributed by atoms with E-state index in [9.17, 15) is 8.42 Å². The first kappa shape index (κ1) is 19.4. The van der Waals surface area contributed by atoms with Crippen LogP contribution in [0.15, 0.2) is 35.2 Å². The molecule has 3 heterocycles. The zero-order valence-corrected chi connectivity index (χ0v) is 18.0. The highest BCUT2D eigenvalue weighted by atomic mass is 35.5. The number of halogens is 1. The molecule has 0 N–H and O–H groups in total. The fraction of sp³-hybridized carbons (Fsp3) is 0.500. The number of ether oxygens (including phenoxy) is 1. The minimum absolute atomic E-state index is 0.193.